The zero-order valence-electron chi connectivity index (χ0n) is 10.8. The van der Waals surface area contributed by atoms with Gasteiger partial charge in [0, 0.05) is 0 Å². The monoisotopic (exact) mass is 345 g/mol. The Kier molecular flexibility index (Phi) is 30.5. The molecule has 0 aliphatic heterocycles. The summed E-state index contributed by atoms with van der Waals surface area (Å²) in [5, 5.41) is 21.6. The van der Waals surface area contributed by atoms with Crippen molar-refractivity contribution in [2.75, 3.05) is 0 Å². The third-order valence-electron chi connectivity index (χ3n) is 0.358. The molecular formula is C3F3Li3N3O6P3. The molecule has 0 heterocycles. The van der Waals surface area contributed by atoms with Crippen molar-refractivity contribution in [2.24, 2.45) is 0 Å². The van der Waals surface area contributed by atoms with Gasteiger partial charge in [0.05, 0.1) is 0 Å². The van der Waals surface area contributed by atoms with Gasteiger partial charge in [-0.05, 0) is 0 Å². The third-order valence-corrected chi connectivity index (χ3v) is 1.08. The van der Waals surface area contributed by atoms with E-state index in [1.807, 2.05) is 0 Å². The molecule has 0 saturated carbocycles. The van der Waals surface area contributed by atoms with Crippen LogP contribution in [-0.2, 0) is 13.7 Å². The van der Waals surface area contributed by atoms with Gasteiger partial charge in [-0.3, -0.25) is 13.7 Å². The second kappa shape index (κ2) is 17.0. The van der Waals surface area contributed by atoms with Crippen LogP contribution in [0.15, 0.2) is 0 Å². The number of hydrogen-bond donors (Lipinski definition) is 0. The smallest absolute Gasteiger partial charge is 0.764 e. The van der Waals surface area contributed by atoms with E-state index < -0.39 is 23.0 Å². The van der Waals surface area contributed by atoms with E-state index in [1.165, 1.54) is 0 Å². The Hall–Kier alpha value is 0.622. The minimum absolute atomic E-state index is 0. The zero-order valence-corrected chi connectivity index (χ0v) is 13.4. The summed E-state index contributed by atoms with van der Waals surface area (Å²) in [6, 6.07) is 0. The van der Waals surface area contributed by atoms with Crippen molar-refractivity contribution in [1.29, 1.82) is 15.8 Å². The van der Waals surface area contributed by atoms with Crippen molar-refractivity contribution in [3.63, 3.8) is 0 Å². The maximum atomic E-state index is 10.8. The molecule has 0 aliphatic rings. The molecule has 3 atom stereocenters. The summed E-state index contributed by atoms with van der Waals surface area (Å²) in [5.41, 5.74) is 0. The van der Waals surface area contributed by atoms with Crippen LogP contribution in [0, 0.1) is 33.2 Å². The minimum atomic E-state index is -5.09. The van der Waals surface area contributed by atoms with E-state index in [9.17, 15) is 12.6 Å². The van der Waals surface area contributed by atoms with Gasteiger partial charge in [-0.25, -0.2) is 0 Å². The van der Waals surface area contributed by atoms with Crippen molar-refractivity contribution in [3.8, 4) is 17.4 Å². The Morgan fingerprint density at radius 1 is 0.619 bits per heavy atom. The fourth-order valence-corrected chi connectivity index (χ4v) is 0. The molecule has 0 amide bonds. The minimum Gasteiger partial charge on any atom is -0.764 e. The van der Waals surface area contributed by atoms with Crippen LogP contribution < -0.4 is 71.3 Å². The first-order chi connectivity index (χ1) is 7.68. The normalized spacial score (nSPS) is 15.6. The summed E-state index contributed by atoms with van der Waals surface area (Å²) < 4.78 is 59.3. The average molecular weight is 345 g/mol. The predicted octanol–water partition coefficient (Wildman–Crippen LogP) is -9.02. The van der Waals surface area contributed by atoms with Crippen molar-refractivity contribution >= 4 is 23.0 Å². The van der Waals surface area contributed by atoms with E-state index in [0.717, 1.165) is 0 Å². The van der Waals surface area contributed by atoms with E-state index in [4.69, 9.17) is 44.2 Å². The maximum Gasteiger partial charge on any atom is 1.00 e. The van der Waals surface area contributed by atoms with Gasteiger partial charge in [0.25, 0.3) is 23.0 Å². The standard InChI is InChI=1S/3CHFNO2P.3Li/c3*2-6(4,5)1-3;;;/h3*(H,4,5);;;/q;;;3*+1/p-3. The maximum absolute atomic E-state index is 10.8. The molecule has 102 valence electrons. The van der Waals surface area contributed by atoms with Crippen molar-refractivity contribution in [2.45, 2.75) is 0 Å². The quantitative estimate of drug-likeness (QED) is 0.303. The van der Waals surface area contributed by atoms with Gasteiger partial charge < -0.3 is 14.7 Å². The van der Waals surface area contributed by atoms with Gasteiger partial charge in [-0.2, -0.15) is 28.4 Å². The molecule has 0 aromatic carbocycles. The SMILES string of the molecule is N#CP(=O)([O-])F.N#CP(=O)([O-])F.N#CP(=O)([O-])F.[Li+].[Li+].[Li+]. The van der Waals surface area contributed by atoms with Crippen LogP contribution in [0.4, 0.5) is 12.6 Å². The second-order valence-electron chi connectivity index (χ2n) is 1.74. The van der Waals surface area contributed by atoms with Gasteiger partial charge in [0.15, 0.2) is 0 Å². The van der Waals surface area contributed by atoms with Crippen LogP contribution in [0.1, 0.15) is 0 Å². The molecule has 3 unspecified atom stereocenters. The van der Waals surface area contributed by atoms with Gasteiger partial charge in [-0.1, -0.05) is 0 Å². The molecule has 0 radical (unpaired) electrons. The average Bonchev–Trinajstić information content (AvgIpc) is 2.16. The van der Waals surface area contributed by atoms with Crippen molar-refractivity contribution in [1.82, 2.24) is 0 Å². The molecule has 0 saturated heterocycles. The van der Waals surface area contributed by atoms with Gasteiger partial charge >= 0.3 is 56.6 Å². The summed E-state index contributed by atoms with van der Waals surface area (Å²) in [6.45, 7) is 0. The van der Waals surface area contributed by atoms with Crippen LogP contribution in [0.25, 0.3) is 0 Å². The number of nitriles is 3. The Balaban J connectivity index is -0.0000000375. The molecule has 0 N–H and O–H groups in total. The number of halogens is 3. The predicted molar refractivity (Wildman–Crippen MR) is 43.0 cm³/mol. The van der Waals surface area contributed by atoms with E-state index in [2.05, 4.69) is 0 Å². The van der Waals surface area contributed by atoms with Crippen LogP contribution >= 0.6 is 23.0 Å². The Morgan fingerprint density at radius 2 is 0.667 bits per heavy atom. The molecule has 0 spiro atoms. The molecule has 0 rings (SSSR count). The van der Waals surface area contributed by atoms with Crippen LogP contribution in [0.3, 0.4) is 0 Å². The van der Waals surface area contributed by atoms with E-state index in [-0.39, 0.29) is 56.6 Å². The van der Waals surface area contributed by atoms with Gasteiger partial charge in [-0.15, -0.1) is 0 Å². The molecule has 0 bridgehead atoms. The number of rotatable bonds is 0. The molecule has 21 heavy (non-hydrogen) atoms. The molecule has 0 aromatic heterocycles. The molecule has 9 nitrogen and oxygen atoms in total. The van der Waals surface area contributed by atoms with Crippen LogP contribution in [0.5, 0.6) is 0 Å². The molecule has 0 aliphatic carbocycles. The molecule has 0 aromatic rings. The Labute approximate surface area is 153 Å². The van der Waals surface area contributed by atoms with Gasteiger partial charge in [0.2, 0.25) is 0 Å². The fraction of sp³-hybridized carbons (Fsp3) is 0. The number of hydrogen-bond acceptors (Lipinski definition) is 9. The second-order valence-corrected chi connectivity index (χ2v) is 5.22. The Morgan fingerprint density at radius 3 is 0.667 bits per heavy atom. The summed E-state index contributed by atoms with van der Waals surface area (Å²) >= 11 is 0. The summed E-state index contributed by atoms with van der Waals surface area (Å²) in [4.78, 5) is 27.0. The van der Waals surface area contributed by atoms with Crippen LogP contribution in [-0.4, -0.2) is 0 Å². The molecular weight excluding hydrogens is 345 g/mol. The third kappa shape index (κ3) is 77.2. The summed E-state index contributed by atoms with van der Waals surface area (Å²) in [6.07, 6.45) is 0. The van der Waals surface area contributed by atoms with Crippen molar-refractivity contribution < 1.29 is 97.5 Å². The zero-order chi connectivity index (χ0) is 15.6. The Bertz CT molecular complexity index is 449. The first-order valence-electron chi connectivity index (χ1n) is 2.94. The topological polar surface area (TPSA) is 192 Å². The van der Waals surface area contributed by atoms with E-state index in [0.29, 0.717) is 17.4 Å². The first-order valence-corrected chi connectivity index (χ1v) is 7.49. The van der Waals surface area contributed by atoms with Crippen LogP contribution in [0.2, 0.25) is 0 Å². The number of nitrogens with zero attached hydrogens (tertiary/aromatic N) is 3. The molecule has 0 fully saturated rings. The first kappa shape index (κ1) is 37.7. The molecule has 18 heteroatoms. The largest absolute Gasteiger partial charge is 1.00 e. The summed E-state index contributed by atoms with van der Waals surface area (Å²) in [7, 11) is -15.3. The summed E-state index contributed by atoms with van der Waals surface area (Å²) in [5.74, 6) is 1.31. The van der Waals surface area contributed by atoms with E-state index >= 15 is 0 Å². The fourth-order valence-electron chi connectivity index (χ4n) is 0. The van der Waals surface area contributed by atoms with Gasteiger partial charge in [0.1, 0.15) is 17.4 Å². The van der Waals surface area contributed by atoms with Crippen molar-refractivity contribution in [3.05, 3.63) is 0 Å². The van der Waals surface area contributed by atoms with E-state index in [1.54, 1.807) is 0 Å².